The highest BCUT2D eigenvalue weighted by Crippen LogP contribution is 2.23. The number of carbonyl (C=O) groups is 1. The Morgan fingerprint density at radius 1 is 1.33 bits per heavy atom. The van der Waals surface area contributed by atoms with Crippen LogP contribution in [0.2, 0.25) is 0 Å². The molecule has 1 unspecified atom stereocenters. The number of aromatic carboxylic acids is 1. The molecule has 0 bridgehead atoms. The van der Waals surface area contributed by atoms with Gasteiger partial charge in [0.2, 0.25) is 0 Å². The van der Waals surface area contributed by atoms with E-state index in [-0.39, 0.29) is 18.2 Å². The molecule has 1 atom stereocenters. The number of carboxylic acid groups (broad SMARTS) is 1. The lowest BCUT2D eigenvalue weighted by atomic mass is 10.1. The van der Waals surface area contributed by atoms with Crippen molar-refractivity contribution in [1.29, 1.82) is 0 Å². The minimum Gasteiger partial charge on any atom is -0.478 e. The van der Waals surface area contributed by atoms with E-state index >= 15 is 0 Å². The molecule has 5 nitrogen and oxygen atoms in total. The Balaban J connectivity index is 2.09. The predicted molar refractivity (Wildman–Crippen MR) is 79.1 cm³/mol. The van der Waals surface area contributed by atoms with E-state index in [1.54, 1.807) is 18.2 Å². The molecule has 0 aliphatic rings. The predicted octanol–water partition coefficient (Wildman–Crippen LogP) is 2.51. The summed E-state index contributed by atoms with van der Waals surface area (Å²) in [6, 6.07) is 10.3. The molecule has 21 heavy (non-hydrogen) atoms. The molecule has 0 aliphatic carbocycles. The lowest BCUT2D eigenvalue weighted by Gasteiger charge is -2.12. The average Bonchev–Trinajstić information content (AvgIpc) is 2.97. The van der Waals surface area contributed by atoms with Crippen LogP contribution in [0.1, 0.15) is 29.5 Å². The number of hydrogen-bond acceptors (Lipinski definition) is 4. The van der Waals surface area contributed by atoms with Crippen molar-refractivity contribution in [2.45, 2.75) is 25.9 Å². The summed E-state index contributed by atoms with van der Waals surface area (Å²) in [5.74, 6) is 0.420. The summed E-state index contributed by atoms with van der Waals surface area (Å²) in [7, 11) is 0. The number of nitrogens with one attached hydrogen (secondary N) is 1. The molecule has 2 aromatic rings. The molecule has 5 heteroatoms. The van der Waals surface area contributed by atoms with Gasteiger partial charge in [0, 0.05) is 11.6 Å². The van der Waals surface area contributed by atoms with Gasteiger partial charge in [0.15, 0.2) is 0 Å². The maximum absolute atomic E-state index is 11.0. The normalized spacial score (nSPS) is 12.3. The molecule has 0 fully saturated rings. The van der Waals surface area contributed by atoms with E-state index in [0.29, 0.717) is 12.3 Å². The first-order valence-electron chi connectivity index (χ1n) is 6.90. The highest BCUT2D eigenvalue weighted by atomic mass is 16.4. The summed E-state index contributed by atoms with van der Waals surface area (Å²) in [5, 5.41) is 21.3. The maximum Gasteiger partial charge on any atom is 0.335 e. The second-order valence-electron chi connectivity index (χ2n) is 4.82. The summed E-state index contributed by atoms with van der Waals surface area (Å²) in [6.07, 6.45) is 0.838. The van der Waals surface area contributed by atoms with Crippen molar-refractivity contribution in [1.82, 2.24) is 5.32 Å². The van der Waals surface area contributed by atoms with Gasteiger partial charge in [-0.2, -0.15) is 0 Å². The first kappa shape index (κ1) is 15.3. The van der Waals surface area contributed by atoms with E-state index < -0.39 is 5.97 Å². The smallest absolute Gasteiger partial charge is 0.335 e. The quantitative estimate of drug-likeness (QED) is 0.729. The Hall–Kier alpha value is -2.11. The molecule has 0 saturated carbocycles. The molecule has 2 rings (SSSR count). The third-order valence-electron chi connectivity index (χ3n) is 3.33. The third-order valence-corrected chi connectivity index (χ3v) is 3.33. The van der Waals surface area contributed by atoms with Crippen LogP contribution in [0, 0.1) is 0 Å². The number of rotatable bonds is 7. The minimum atomic E-state index is -0.959. The van der Waals surface area contributed by atoms with E-state index in [4.69, 9.17) is 14.6 Å². The van der Waals surface area contributed by atoms with Gasteiger partial charge in [-0.25, -0.2) is 4.79 Å². The third kappa shape index (κ3) is 3.93. The van der Waals surface area contributed by atoms with E-state index in [1.807, 2.05) is 25.1 Å². The molecule has 0 saturated heterocycles. The fourth-order valence-corrected chi connectivity index (χ4v) is 2.02. The monoisotopic (exact) mass is 289 g/mol. The van der Waals surface area contributed by atoms with Crippen molar-refractivity contribution in [3.05, 3.63) is 47.7 Å². The van der Waals surface area contributed by atoms with Crippen LogP contribution in [0.25, 0.3) is 11.3 Å². The topological polar surface area (TPSA) is 82.7 Å². The zero-order valence-corrected chi connectivity index (χ0v) is 11.9. The summed E-state index contributed by atoms with van der Waals surface area (Å²) in [5.41, 5.74) is 0.963. The van der Waals surface area contributed by atoms with Crippen molar-refractivity contribution in [2.75, 3.05) is 6.61 Å². The van der Waals surface area contributed by atoms with E-state index in [2.05, 4.69) is 5.32 Å². The van der Waals surface area contributed by atoms with Crippen LogP contribution in [0.4, 0.5) is 0 Å². The fourth-order valence-electron chi connectivity index (χ4n) is 2.02. The molecule has 1 aromatic carbocycles. The van der Waals surface area contributed by atoms with Crippen LogP contribution >= 0.6 is 0 Å². The number of furan rings is 1. The van der Waals surface area contributed by atoms with Crippen LogP contribution in [0.3, 0.4) is 0 Å². The van der Waals surface area contributed by atoms with Gasteiger partial charge in [-0.3, -0.25) is 0 Å². The van der Waals surface area contributed by atoms with Gasteiger partial charge in [0.1, 0.15) is 11.5 Å². The van der Waals surface area contributed by atoms with E-state index in [9.17, 15) is 4.79 Å². The molecule has 0 amide bonds. The highest BCUT2D eigenvalue weighted by molar-refractivity contribution is 5.89. The van der Waals surface area contributed by atoms with Gasteiger partial charge in [-0.15, -0.1) is 0 Å². The van der Waals surface area contributed by atoms with Gasteiger partial charge in [0.25, 0.3) is 0 Å². The summed E-state index contributed by atoms with van der Waals surface area (Å²) in [4.78, 5) is 11.0. The Morgan fingerprint density at radius 2 is 2.14 bits per heavy atom. The zero-order valence-electron chi connectivity index (χ0n) is 11.9. The summed E-state index contributed by atoms with van der Waals surface area (Å²) < 4.78 is 5.71. The van der Waals surface area contributed by atoms with Crippen molar-refractivity contribution < 1.29 is 19.4 Å². The van der Waals surface area contributed by atoms with E-state index in [1.165, 1.54) is 0 Å². The molecule has 0 radical (unpaired) electrons. The Kier molecular flexibility index (Phi) is 5.14. The van der Waals surface area contributed by atoms with Crippen molar-refractivity contribution in [3.63, 3.8) is 0 Å². The highest BCUT2D eigenvalue weighted by Gasteiger charge is 2.09. The maximum atomic E-state index is 11.0. The molecule has 0 spiro atoms. The molecular weight excluding hydrogens is 270 g/mol. The second-order valence-corrected chi connectivity index (χ2v) is 4.82. The van der Waals surface area contributed by atoms with Crippen LogP contribution in [-0.2, 0) is 6.54 Å². The van der Waals surface area contributed by atoms with Gasteiger partial charge in [-0.1, -0.05) is 19.1 Å². The zero-order chi connectivity index (χ0) is 15.2. The Morgan fingerprint density at radius 3 is 2.81 bits per heavy atom. The van der Waals surface area contributed by atoms with Crippen LogP contribution in [0.5, 0.6) is 0 Å². The standard InChI is InChI=1S/C16H19NO4/c1-2-13(10-18)17-9-14-6-7-15(21-14)11-4-3-5-12(8-11)16(19)20/h3-8,13,17-18H,2,9-10H2,1H3,(H,19,20). The number of aliphatic hydroxyl groups is 1. The molecule has 112 valence electrons. The number of benzene rings is 1. The van der Waals surface area contributed by atoms with E-state index in [0.717, 1.165) is 17.7 Å². The van der Waals surface area contributed by atoms with Crippen molar-refractivity contribution in [2.24, 2.45) is 0 Å². The largest absolute Gasteiger partial charge is 0.478 e. The summed E-state index contributed by atoms with van der Waals surface area (Å²) >= 11 is 0. The number of carboxylic acids is 1. The number of aliphatic hydroxyl groups excluding tert-OH is 1. The van der Waals surface area contributed by atoms with Crippen LogP contribution in [0.15, 0.2) is 40.8 Å². The van der Waals surface area contributed by atoms with Gasteiger partial charge < -0.3 is 19.9 Å². The SMILES string of the molecule is CCC(CO)NCc1ccc(-c2cccc(C(=O)O)c2)o1. The van der Waals surface area contributed by atoms with Gasteiger partial charge in [0.05, 0.1) is 18.7 Å². The fraction of sp³-hybridized carbons (Fsp3) is 0.312. The average molecular weight is 289 g/mol. The van der Waals surface area contributed by atoms with Crippen LogP contribution in [-0.4, -0.2) is 28.8 Å². The first-order chi connectivity index (χ1) is 10.1. The Labute approximate surface area is 123 Å². The van der Waals surface area contributed by atoms with Crippen molar-refractivity contribution >= 4 is 5.97 Å². The first-order valence-corrected chi connectivity index (χ1v) is 6.90. The van der Waals surface area contributed by atoms with Crippen LogP contribution < -0.4 is 5.32 Å². The second kappa shape index (κ2) is 7.06. The molecule has 0 aliphatic heterocycles. The molecule has 3 N–H and O–H groups in total. The lowest BCUT2D eigenvalue weighted by Crippen LogP contribution is -2.30. The molecule has 1 heterocycles. The molecule has 1 aromatic heterocycles. The summed E-state index contributed by atoms with van der Waals surface area (Å²) in [6.45, 7) is 2.61. The van der Waals surface area contributed by atoms with Crippen molar-refractivity contribution in [3.8, 4) is 11.3 Å². The number of hydrogen-bond donors (Lipinski definition) is 3. The molecular formula is C16H19NO4. The van der Waals surface area contributed by atoms with Gasteiger partial charge >= 0.3 is 5.97 Å². The minimum absolute atomic E-state index is 0.0499. The lowest BCUT2D eigenvalue weighted by molar-refractivity contribution is 0.0697. The Bertz CT molecular complexity index is 602. The van der Waals surface area contributed by atoms with Gasteiger partial charge in [-0.05, 0) is 30.7 Å².